The standard InChI is InChI=1S/C17H36N4O/c1-4-16-10-6-8-13-21(16)14-12-20-17(18-3)19-11-7-9-15-22-5-2/h16H,4-15H2,1-3H3,(H2,18,19,20). The average molecular weight is 313 g/mol. The minimum Gasteiger partial charge on any atom is -0.382 e. The molecule has 130 valence electrons. The number of rotatable bonds is 10. The Morgan fingerprint density at radius 1 is 1.18 bits per heavy atom. The van der Waals surface area contributed by atoms with Gasteiger partial charge in [-0.25, -0.2) is 0 Å². The Labute approximate surface area is 136 Å². The van der Waals surface area contributed by atoms with Crippen molar-refractivity contribution in [2.45, 2.75) is 58.4 Å². The number of aliphatic imine (C=N–C) groups is 1. The summed E-state index contributed by atoms with van der Waals surface area (Å²) in [4.78, 5) is 6.92. The van der Waals surface area contributed by atoms with Crippen molar-refractivity contribution in [3.63, 3.8) is 0 Å². The maximum Gasteiger partial charge on any atom is 0.191 e. The highest BCUT2D eigenvalue weighted by Crippen LogP contribution is 2.18. The van der Waals surface area contributed by atoms with Crippen LogP contribution in [0.5, 0.6) is 0 Å². The lowest BCUT2D eigenvalue weighted by Crippen LogP contribution is -2.46. The molecule has 0 bridgehead atoms. The van der Waals surface area contributed by atoms with Crippen LogP contribution >= 0.6 is 0 Å². The van der Waals surface area contributed by atoms with Crippen molar-refractivity contribution in [2.75, 3.05) is 46.4 Å². The van der Waals surface area contributed by atoms with E-state index in [1.165, 1.54) is 32.2 Å². The van der Waals surface area contributed by atoms with E-state index in [1.807, 2.05) is 14.0 Å². The van der Waals surface area contributed by atoms with Gasteiger partial charge in [-0.15, -0.1) is 0 Å². The molecule has 0 aromatic rings. The zero-order valence-corrected chi connectivity index (χ0v) is 14.9. The van der Waals surface area contributed by atoms with Gasteiger partial charge < -0.3 is 15.4 Å². The van der Waals surface area contributed by atoms with Crippen LogP contribution in [-0.2, 0) is 4.74 Å². The van der Waals surface area contributed by atoms with Gasteiger partial charge in [0.2, 0.25) is 0 Å². The summed E-state index contributed by atoms with van der Waals surface area (Å²) < 4.78 is 5.34. The van der Waals surface area contributed by atoms with Crippen LogP contribution in [0.25, 0.3) is 0 Å². The van der Waals surface area contributed by atoms with E-state index in [4.69, 9.17) is 4.74 Å². The average Bonchev–Trinajstić information content (AvgIpc) is 2.56. The molecule has 1 aliphatic rings. The second-order valence-electron chi connectivity index (χ2n) is 5.92. The second-order valence-corrected chi connectivity index (χ2v) is 5.92. The van der Waals surface area contributed by atoms with Crippen LogP contribution in [-0.4, -0.2) is 63.3 Å². The Morgan fingerprint density at radius 2 is 2.00 bits per heavy atom. The molecule has 1 heterocycles. The van der Waals surface area contributed by atoms with Gasteiger partial charge in [-0.3, -0.25) is 9.89 Å². The van der Waals surface area contributed by atoms with Crippen LogP contribution in [0.3, 0.4) is 0 Å². The number of likely N-dealkylation sites (tertiary alicyclic amines) is 1. The summed E-state index contributed by atoms with van der Waals surface area (Å²) in [5, 5.41) is 6.80. The first-order chi connectivity index (χ1) is 10.8. The Balaban J connectivity index is 2.10. The second kappa shape index (κ2) is 12.7. The molecule has 5 heteroatoms. The largest absolute Gasteiger partial charge is 0.382 e. The molecule has 0 aromatic heterocycles. The highest BCUT2D eigenvalue weighted by atomic mass is 16.5. The number of piperidine rings is 1. The number of unbranched alkanes of at least 4 members (excludes halogenated alkanes) is 1. The van der Waals surface area contributed by atoms with E-state index in [0.29, 0.717) is 0 Å². The van der Waals surface area contributed by atoms with Gasteiger partial charge in [0.05, 0.1) is 0 Å². The third-order valence-corrected chi connectivity index (χ3v) is 4.35. The van der Waals surface area contributed by atoms with Crippen molar-refractivity contribution in [3.05, 3.63) is 0 Å². The van der Waals surface area contributed by atoms with Crippen molar-refractivity contribution in [3.8, 4) is 0 Å². The lowest BCUT2D eigenvalue weighted by molar-refractivity contribution is 0.143. The van der Waals surface area contributed by atoms with Crippen molar-refractivity contribution in [2.24, 2.45) is 4.99 Å². The van der Waals surface area contributed by atoms with E-state index in [9.17, 15) is 0 Å². The molecule has 22 heavy (non-hydrogen) atoms. The van der Waals surface area contributed by atoms with Crippen LogP contribution in [0.1, 0.15) is 52.4 Å². The van der Waals surface area contributed by atoms with Crippen molar-refractivity contribution in [1.82, 2.24) is 15.5 Å². The maximum atomic E-state index is 5.34. The highest BCUT2D eigenvalue weighted by Gasteiger charge is 2.19. The summed E-state index contributed by atoms with van der Waals surface area (Å²) in [5.41, 5.74) is 0. The van der Waals surface area contributed by atoms with Crippen LogP contribution in [0.2, 0.25) is 0 Å². The zero-order valence-electron chi connectivity index (χ0n) is 14.9. The molecule has 0 aliphatic carbocycles. The molecule has 1 unspecified atom stereocenters. The molecule has 1 aliphatic heterocycles. The SMILES string of the molecule is CCOCCCCNC(=NC)NCCN1CCCCC1CC. The van der Waals surface area contributed by atoms with Crippen molar-refractivity contribution >= 4 is 5.96 Å². The fourth-order valence-corrected chi connectivity index (χ4v) is 3.04. The number of nitrogens with zero attached hydrogens (tertiary/aromatic N) is 2. The quantitative estimate of drug-likeness (QED) is 0.369. The third kappa shape index (κ3) is 7.99. The summed E-state index contributed by atoms with van der Waals surface area (Å²) in [6.07, 6.45) is 7.60. The molecule has 0 radical (unpaired) electrons. The summed E-state index contributed by atoms with van der Waals surface area (Å²) in [7, 11) is 1.84. The number of hydrogen-bond donors (Lipinski definition) is 2. The first kappa shape index (κ1) is 19.2. The summed E-state index contributed by atoms with van der Waals surface area (Å²) in [6, 6.07) is 0.782. The Hall–Kier alpha value is -0.810. The van der Waals surface area contributed by atoms with E-state index in [1.54, 1.807) is 0 Å². The number of guanidine groups is 1. The predicted octanol–water partition coefficient (Wildman–Crippen LogP) is 2.23. The van der Waals surface area contributed by atoms with E-state index in [-0.39, 0.29) is 0 Å². The molecule has 1 fully saturated rings. The van der Waals surface area contributed by atoms with Gasteiger partial charge in [-0.1, -0.05) is 13.3 Å². The molecule has 0 spiro atoms. The lowest BCUT2D eigenvalue weighted by Gasteiger charge is -2.35. The van der Waals surface area contributed by atoms with E-state index < -0.39 is 0 Å². The Morgan fingerprint density at radius 3 is 2.73 bits per heavy atom. The first-order valence-electron chi connectivity index (χ1n) is 9.08. The first-order valence-corrected chi connectivity index (χ1v) is 9.08. The van der Waals surface area contributed by atoms with Gasteiger partial charge in [-0.05, 0) is 45.6 Å². The van der Waals surface area contributed by atoms with Crippen LogP contribution in [0.15, 0.2) is 4.99 Å². The van der Waals surface area contributed by atoms with Crippen LogP contribution < -0.4 is 10.6 Å². The molecule has 2 N–H and O–H groups in total. The molecule has 0 amide bonds. The normalized spacial score (nSPS) is 20.1. The number of hydrogen-bond acceptors (Lipinski definition) is 3. The van der Waals surface area contributed by atoms with Gasteiger partial charge in [0.25, 0.3) is 0 Å². The van der Waals surface area contributed by atoms with Gasteiger partial charge in [0.15, 0.2) is 5.96 Å². The Kier molecular flexibility index (Phi) is 11.1. The van der Waals surface area contributed by atoms with E-state index >= 15 is 0 Å². The third-order valence-electron chi connectivity index (χ3n) is 4.35. The lowest BCUT2D eigenvalue weighted by atomic mass is 10.0. The number of ether oxygens (including phenoxy) is 1. The molecule has 1 saturated heterocycles. The van der Waals surface area contributed by atoms with Gasteiger partial charge in [0, 0.05) is 45.9 Å². The van der Waals surface area contributed by atoms with E-state index in [2.05, 4.69) is 27.4 Å². The fourth-order valence-electron chi connectivity index (χ4n) is 3.04. The molecule has 5 nitrogen and oxygen atoms in total. The maximum absolute atomic E-state index is 5.34. The van der Waals surface area contributed by atoms with Crippen LogP contribution in [0.4, 0.5) is 0 Å². The minimum atomic E-state index is 0.782. The molecule has 1 atom stereocenters. The monoisotopic (exact) mass is 312 g/mol. The molecule has 0 saturated carbocycles. The fraction of sp³-hybridized carbons (Fsp3) is 0.941. The highest BCUT2D eigenvalue weighted by molar-refractivity contribution is 5.79. The topological polar surface area (TPSA) is 48.9 Å². The molecule has 0 aromatic carbocycles. The zero-order chi connectivity index (χ0) is 16.0. The van der Waals surface area contributed by atoms with Crippen molar-refractivity contribution in [1.29, 1.82) is 0 Å². The minimum absolute atomic E-state index is 0.782. The van der Waals surface area contributed by atoms with Gasteiger partial charge in [0.1, 0.15) is 0 Å². The predicted molar refractivity (Wildman–Crippen MR) is 94.6 cm³/mol. The number of nitrogens with one attached hydrogen (secondary N) is 2. The summed E-state index contributed by atoms with van der Waals surface area (Å²) >= 11 is 0. The van der Waals surface area contributed by atoms with Gasteiger partial charge in [-0.2, -0.15) is 0 Å². The molecular formula is C17H36N4O. The van der Waals surface area contributed by atoms with Crippen molar-refractivity contribution < 1.29 is 4.74 Å². The molecule has 1 rings (SSSR count). The van der Waals surface area contributed by atoms with Gasteiger partial charge >= 0.3 is 0 Å². The summed E-state index contributed by atoms with van der Waals surface area (Å²) in [6.45, 7) is 10.3. The smallest absolute Gasteiger partial charge is 0.191 e. The van der Waals surface area contributed by atoms with E-state index in [0.717, 1.165) is 57.7 Å². The summed E-state index contributed by atoms with van der Waals surface area (Å²) in [5.74, 6) is 0.918. The Bertz CT molecular complexity index is 296. The van der Waals surface area contributed by atoms with Crippen LogP contribution in [0, 0.1) is 0 Å². The molecular weight excluding hydrogens is 276 g/mol.